The summed E-state index contributed by atoms with van der Waals surface area (Å²) < 4.78 is 0. The minimum atomic E-state index is -0.638. The van der Waals surface area contributed by atoms with Crippen LogP contribution in [0.1, 0.15) is 6.92 Å². The van der Waals surface area contributed by atoms with E-state index in [0.717, 1.165) is 13.1 Å². The number of β-amino-alcohol motifs (C(OH)–C–C–N with tert-alkyl or cyclic N) is 1. The van der Waals surface area contributed by atoms with Crippen molar-refractivity contribution in [3.05, 3.63) is 0 Å². The second-order valence-electron chi connectivity index (χ2n) is 4.40. The third-order valence-electron chi connectivity index (χ3n) is 3.19. The fraction of sp³-hybridized carbons (Fsp3) is 0.889. The molecule has 1 amide bonds. The molecule has 2 rings (SSSR count). The quantitative estimate of drug-likeness (QED) is 0.533. The Morgan fingerprint density at radius 1 is 1.46 bits per heavy atom. The summed E-state index contributed by atoms with van der Waals surface area (Å²) in [6.45, 7) is 4.39. The number of aliphatic hydroxyl groups is 1. The zero-order valence-electron chi connectivity index (χ0n) is 8.16. The smallest absolute Gasteiger partial charge is 0.219 e. The molecule has 13 heavy (non-hydrogen) atoms. The van der Waals surface area contributed by atoms with Crippen molar-refractivity contribution in [1.29, 1.82) is 0 Å². The van der Waals surface area contributed by atoms with Gasteiger partial charge in [0.05, 0.1) is 6.54 Å². The van der Waals surface area contributed by atoms with Gasteiger partial charge in [-0.3, -0.25) is 4.79 Å². The van der Waals surface area contributed by atoms with Gasteiger partial charge < -0.3 is 14.9 Å². The molecule has 2 aliphatic heterocycles. The van der Waals surface area contributed by atoms with Gasteiger partial charge in [-0.15, -0.1) is 0 Å². The third kappa shape index (κ3) is 1.34. The first-order chi connectivity index (χ1) is 6.01. The first kappa shape index (κ1) is 8.97. The van der Waals surface area contributed by atoms with Gasteiger partial charge in [0.1, 0.15) is 5.60 Å². The Morgan fingerprint density at radius 2 is 2.15 bits per heavy atom. The molecule has 0 saturated carbocycles. The molecule has 0 radical (unpaired) electrons. The Hall–Kier alpha value is -0.610. The minimum Gasteiger partial charge on any atom is -0.386 e. The molecule has 4 nitrogen and oxygen atoms in total. The molecular formula is C9H16N2O2. The number of likely N-dealkylation sites (N-methyl/N-ethyl adjacent to an activating group) is 1. The normalized spacial score (nSPS) is 39.6. The lowest BCUT2D eigenvalue weighted by molar-refractivity contribution is -0.128. The molecule has 2 atom stereocenters. The van der Waals surface area contributed by atoms with Crippen molar-refractivity contribution >= 4 is 5.91 Å². The summed E-state index contributed by atoms with van der Waals surface area (Å²) in [4.78, 5) is 15.0. The molecule has 0 aliphatic carbocycles. The molecule has 0 aromatic heterocycles. The van der Waals surface area contributed by atoms with Crippen molar-refractivity contribution in [1.82, 2.24) is 9.80 Å². The van der Waals surface area contributed by atoms with E-state index in [4.69, 9.17) is 0 Å². The number of amides is 1. The predicted octanol–water partition coefficient (Wildman–Crippen LogP) is -0.859. The van der Waals surface area contributed by atoms with E-state index in [9.17, 15) is 9.90 Å². The van der Waals surface area contributed by atoms with Crippen LogP contribution in [0.4, 0.5) is 0 Å². The van der Waals surface area contributed by atoms with Crippen molar-refractivity contribution in [2.45, 2.75) is 12.5 Å². The molecular weight excluding hydrogens is 168 g/mol. The number of hydrogen-bond donors (Lipinski definition) is 1. The third-order valence-corrected chi connectivity index (χ3v) is 3.19. The van der Waals surface area contributed by atoms with Crippen molar-refractivity contribution in [2.75, 3.05) is 33.2 Å². The fourth-order valence-corrected chi connectivity index (χ4v) is 2.51. The van der Waals surface area contributed by atoms with E-state index in [-0.39, 0.29) is 11.8 Å². The summed E-state index contributed by atoms with van der Waals surface area (Å²) >= 11 is 0. The highest BCUT2D eigenvalue weighted by atomic mass is 16.3. The number of fused-ring (bicyclic) bond motifs is 1. The van der Waals surface area contributed by atoms with Crippen LogP contribution in [-0.4, -0.2) is 59.6 Å². The molecule has 2 saturated heterocycles. The van der Waals surface area contributed by atoms with E-state index in [0.29, 0.717) is 13.1 Å². The second-order valence-corrected chi connectivity index (χ2v) is 4.40. The van der Waals surface area contributed by atoms with E-state index >= 15 is 0 Å². The molecule has 0 spiro atoms. The van der Waals surface area contributed by atoms with Crippen LogP contribution < -0.4 is 0 Å². The number of nitrogens with zero attached hydrogens (tertiary/aromatic N) is 2. The van der Waals surface area contributed by atoms with Gasteiger partial charge in [-0.1, -0.05) is 0 Å². The first-order valence-electron chi connectivity index (χ1n) is 4.68. The second kappa shape index (κ2) is 2.69. The molecule has 0 bridgehead atoms. The van der Waals surface area contributed by atoms with Crippen LogP contribution in [0.3, 0.4) is 0 Å². The van der Waals surface area contributed by atoms with Gasteiger partial charge in [-0.25, -0.2) is 0 Å². The predicted molar refractivity (Wildman–Crippen MR) is 48.2 cm³/mol. The van der Waals surface area contributed by atoms with Crippen LogP contribution in [0.25, 0.3) is 0 Å². The number of rotatable bonds is 0. The number of likely N-dealkylation sites (tertiary alicyclic amines) is 2. The fourth-order valence-electron chi connectivity index (χ4n) is 2.51. The summed E-state index contributed by atoms with van der Waals surface area (Å²) in [5.74, 6) is 0.326. The molecule has 0 aromatic rings. The lowest BCUT2D eigenvalue weighted by Crippen LogP contribution is -2.40. The van der Waals surface area contributed by atoms with Gasteiger partial charge in [0.2, 0.25) is 5.91 Å². The maximum Gasteiger partial charge on any atom is 0.219 e. The van der Waals surface area contributed by atoms with Crippen LogP contribution in [0.2, 0.25) is 0 Å². The Bertz CT molecular complexity index is 244. The van der Waals surface area contributed by atoms with E-state index in [1.54, 1.807) is 11.8 Å². The molecule has 74 valence electrons. The topological polar surface area (TPSA) is 43.8 Å². The van der Waals surface area contributed by atoms with Gasteiger partial charge in [0.15, 0.2) is 0 Å². The minimum absolute atomic E-state index is 0.0745. The average molecular weight is 184 g/mol. The van der Waals surface area contributed by atoms with Crippen molar-refractivity contribution < 1.29 is 9.90 Å². The van der Waals surface area contributed by atoms with Crippen molar-refractivity contribution in [3.8, 4) is 0 Å². The monoisotopic (exact) mass is 184 g/mol. The van der Waals surface area contributed by atoms with Gasteiger partial charge in [-0.05, 0) is 7.05 Å². The van der Waals surface area contributed by atoms with Gasteiger partial charge in [-0.2, -0.15) is 0 Å². The van der Waals surface area contributed by atoms with Crippen molar-refractivity contribution in [2.24, 2.45) is 5.92 Å². The van der Waals surface area contributed by atoms with Crippen LogP contribution in [0, 0.1) is 5.92 Å². The summed E-state index contributed by atoms with van der Waals surface area (Å²) in [6.07, 6.45) is 0. The Labute approximate surface area is 78.1 Å². The Kier molecular flexibility index (Phi) is 1.85. The Morgan fingerprint density at radius 3 is 2.69 bits per heavy atom. The number of hydrogen-bond acceptors (Lipinski definition) is 3. The van der Waals surface area contributed by atoms with E-state index in [1.807, 2.05) is 7.05 Å². The van der Waals surface area contributed by atoms with E-state index in [2.05, 4.69) is 4.90 Å². The molecule has 2 aliphatic rings. The van der Waals surface area contributed by atoms with Crippen LogP contribution >= 0.6 is 0 Å². The van der Waals surface area contributed by atoms with Crippen LogP contribution in [-0.2, 0) is 4.79 Å². The van der Waals surface area contributed by atoms with Crippen LogP contribution in [0.15, 0.2) is 0 Å². The standard InChI is InChI=1S/C9H16N2O2/c1-7(12)11-4-8-3-10(2)5-9(8,13)6-11/h8,13H,3-6H2,1-2H3. The number of carbonyl (C=O) groups excluding carboxylic acids is 1. The highest BCUT2D eigenvalue weighted by Gasteiger charge is 2.50. The lowest BCUT2D eigenvalue weighted by Gasteiger charge is -2.21. The van der Waals surface area contributed by atoms with E-state index < -0.39 is 5.60 Å². The van der Waals surface area contributed by atoms with Crippen LogP contribution in [0.5, 0.6) is 0 Å². The molecule has 4 heteroatoms. The number of carbonyl (C=O) groups is 1. The largest absolute Gasteiger partial charge is 0.386 e. The SMILES string of the molecule is CC(=O)N1CC2CN(C)CC2(O)C1. The zero-order chi connectivity index (χ0) is 9.64. The van der Waals surface area contributed by atoms with E-state index in [1.165, 1.54) is 0 Å². The average Bonchev–Trinajstić information content (AvgIpc) is 2.38. The summed E-state index contributed by atoms with van der Waals surface area (Å²) in [7, 11) is 2.01. The lowest BCUT2D eigenvalue weighted by atomic mass is 9.95. The van der Waals surface area contributed by atoms with Gasteiger partial charge in [0, 0.05) is 32.5 Å². The summed E-state index contributed by atoms with van der Waals surface area (Å²) in [6, 6.07) is 0. The maximum atomic E-state index is 11.1. The highest BCUT2D eigenvalue weighted by molar-refractivity contribution is 5.73. The zero-order valence-corrected chi connectivity index (χ0v) is 8.16. The summed E-state index contributed by atoms with van der Waals surface area (Å²) in [5.41, 5.74) is -0.638. The van der Waals surface area contributed by atoms with Crippen molar-refractivity contribution in [3.63, 3.8) is 0 Å². The molecule has 2 heterocycles. The summed E-state index contributed by atoms with van der Waals surface area (Å²) in [5, 5.41) is 10.2. The molecule has 0 aromatic carbocycles. The maximum absolute atomic E-state index is 11.1. The molecule has 2 fully saturated rings. The van der Waals surface area contributed by atoms with Gasteiger partial charge >= 0.3 is 0 Å². The highest BCUT2D eigenvalue weighted by Crippen LogP contribution is 2.33. The molecule has 2 unspecified atom stereocenters. The molecule has 1 N–H and O–H groups in total. The van der Waals surface area contributed by atoms with Gasteiger partial charge in [0.25, 0.3) is 0 Å². The Balaban J connectivity index is 2.10. The first-order valence-corrected chi connectivity index (χ1v) is 4.68.